The van der Waals surface area contributed by atoms with Crippen LogP contribution in [-0.4, -0.2) is 45.9 Å². The van der Waals surface area contributed by atoms with Gasteiger partial charge in [0.15, 0.2) is 0 Å². The summed E-state index contributed by atoms with van der Waals surface area (Å²) in [7, 11) is 0. The molecule has 1 aliphatic carbocycles. The van der Waals surface area contributed by atoms with Gasteiger partial charge < -0.3 is 19.9 Å². The molecule has 0 radical (unpaired) electrons. The van der Waals surface area contributed by atoms with Crippen LogP contribution in [0.3, 0.4) is 0 Å². The molecular formula is C30H33ClFN5O. The molecule has 8 heteroatoms. The van der Waals surface area contributed by atoms with Gasteiger partial charge in [-0.15, -0.1) is 0 Å². The highest BCUT2D eigenvalue weighted by Gasteiger charge is 2.29. The summed E-state index contributed by atoms with van der Waals surface area (Å²) < 4.78 is 21.8. The molecule has 6 rings (SSSR count). The van der Waals surface area contributed by atoms with Gasteiger partial charge in [0.2, 0.25) is 0 Å². The first-order valence-electron chi connectivity index (χ1n) is 13.5. The minimum absolute atomic E-state index is 0.222. The molecule has 1 saturated heterocycles. The van der Waals surface area contributed by atoms with E-state index in [-0.39, 0.29) is 18.0 Å². The number of imidazole rings is 1. The Morgan fingerprint density at radius 2 is 1.92 bits per heavy atom. The van der Waals surface area contributed by atoms with Crippen LogP contribution in [0.4, 0.5) is 10.2 Å². The molecule has 6 nitrogen and oxygen atoms in total. The number of aromatic nitrogens is 3. The number of ether oxygens (including phenoxy) is 1. The van der Waals surface area contributed by atoms with Crippen LogP contribution >= 0.6 is 11.6 Å². The summed E-state index contributed by atoms with van der Waals surface area (Å²) in [5, 5.41) is 0.604. The van der Waals surface area contributed by atoms with Crippen molar-refractivity contribution in [1.29, 1.82) is 0 Å². The van der Waals surface area contributed by atoms with Crippen LogP contribution in [0.1, 0.15) is 44.1 Å². The molecule has 198 valence electrons. The average Bonchev–Trinajstić information content (AvgIpc) is 3.58. The second-order valence-corrected chi connectivity index (χ2v) is 11.0. The van der Waals surface area contributed by atoms with Crippen molar-refractivity contribution in [1.82, 2.24) is 14.5 Å². The Morgan fingerprint density at radius 3 is 2.71 bits per heavy atom. The van der Waals surface area contributed by atoms with Gasteiger partial charge in [-0.1, -0.05) is 29.8 Å². The smallest absolute Gasteiger partial charge is 0.129 e. The van der Waals surface area contributed by atoms with Crippen molar-refractivity contribution in [2.45, 2.75) is 63.3 Å². The predicted octanol–water partition coefficient (Wildman–Crippen LogP) is 6.19. The molecule has 3 heterocycles. The number of halogens is 2. The minimum atomic E-state index is -0.240. The zero-order valence-electron chi connectivity index (χ0n) is 21.4. The summed E-state index contributed by atoms with van der Waals surface area (Å²) in [6.07, 6.45) is 10.1. The molecule has 38 heavy (non-hydrogen) atoms. The lowest BCUT2D eigenvalue weighted by molar-refractivity contribution is 0.112. The molecule has 0 spiro atoms. The van der Waals surface area contributed by atoms with Crippen LogP contribution in [0.2, 0.25) is 5.02 Å². The van der Waals surface area contributed by atoms with Crippen LogP contribution in [0.25, 0.3) is 22.2 Å². The van der Waals surface area contributed by atoms with Crippen molar-refractivity contribution in [3.05, 3.63) is 77.5 Å². The third-order valence-electron chi connectivity index (χ3n) is 7.92. The third-order valence-corrected chi connectivity index (χ3v) is 8.22. The van der Waals surface area contributed by atoms with Crippen molar-refractivity contribution in [3.8, 4) is 11.1 Å². The van der Waals surface area contributed by atoms with Gasteiger partial charge in [0.05, 0.1) is 28.5 Å². The van der Waals surface area contributed by atoms with Crippen molar-refractivity contribution >= 4 is 28.5 Å². The van der Waals surface area contributed by atoms with E-state index in [0.29, 0.717) is 17.6 Å². The summed E-state index contributed by atoms with van der Waals surface area (Å²) in [4.78, 5) is 11.8. The fourth-order valence-corrected chi connectivity index (χ4v) is 6.05. The number of nitrogens with two attached hydrogens (primary N) is 1. The molecule has 1 aliphatic heterocycles. The SMILES string of the molecule is NC1CCC(N(CC2CCCO2)c2cc(-c3ccc4ncn(Cc5cccc(F)c5)c4c3)c(Cl)cn2)CC1. The number of pyridine rings is 1. The third kappa shape index (κ3) is 5.41. The van der Waals surface area contributed by atoms with Crippen LogP contribution in [0.15, 0.2) is 61.1 Å². The number of benzene rings is 2. The fourth-order valence-electron chi connectivity index (χ4n) is 5.84. The highest BCUT2D eigenvalue weighted by atomic mass is 35.5. The van der Waals surface area contributed by atoms with E-state index < -0.39 is 0 Å². The predicted molar refractivity (Wildman–Crippen MR) is 150 cm³/mol. The molecule has 2 aromatic heterocycles. The average molecular weight is 534 g/mol. The maximum atomic E-state index is 13.8. The second-order valence-electron chi connectivity index (χ2n) is 10.6. The van der Waals surface area contributed by atoms with E-state index >= 15 is 0 Å². The van der Waals surface area contributed by atoms with E-state index in [2.05, 4.69) is 28.1 Å². The minimum Gasteiger partial charge on any atom is -0.376 e. The van der Waals surface area contributed by atoms with Crippen molar-refractivity contribution in [3.63, 3.8) is 0 Å². The molecule has 2 aliphatic rings. The second kappa shape index (κ2) is 11.0. The normalized spacial score (nSPS) is 21.7. The van der Waals surface area contributed by atoms with Crippen LogP contribution in [0, 0.1) is 5.82 Å². The zero-order chi connectivity index (χ0) is 26.1. The van der Waals surface area contributed by atoms with Gasteiger partial charge in [-0.05, 0) is 80.0 Å². The van der Waals surface area contributed by atoms with Crippen molar-refractivity contribution < 1.29 is 9.13 Å². The van der Waals surface area contributed by atoms with E-state index in [1.165, 1.54) is 6.07 Å². The van der Waals surface area contributed by atoms with Crippen LogP contribution in [0.5, 0.6) is 0 Å². The topological polar surface area (TPSA) is 69.2 Å². The summed E-state index contributed by atoms with van der Waals surface area (Å²) in [6.45, 7) is 2.19. The molecule has 4 aromatic rings. The highest BCUT2D eigenvalue weighted by molar-refractivity contribution is 6.33. The van der Waals surface area contributed by atoms with Gasteiger partial charge in [0, 0.05) is 43.5 Å². The molecule has 2 fully saturated rings. The summed E-state index contributed by atoms with van der Waals surface area (Å²) in [5.41, 5.74) is 10.9. The number of hydrogen-bond acceptors (Lipinski definition) is 5. The van der Waals surface area contributed by atoms with Gasteiger partial charge >= 0.3 is 0 Å². The van der Waals surface area contributed by atoms with Crippen LogP contribution < -0.4 is 10.6 Å². The zero-order valence-corrected chi connectivity index (χ0v) is 22.2. The van der Waals surface area contributed by atoms with E-state index in [9.17, 15) is 4.39 Å². The molecule has 1 atom stereocenters. The Bertz CT molecular complexity index is 1410. The number of fused-ring (bicyclic) bond motifs is 1. The Hall–Kier alpha value is -3.00. The maximum absolute atomic E-state index is 13.8. The molecule has 2 N–H and O–H groups in total. The number of anilines is 1. The van der Waals surface area contributed by atoms with Gasteiger partial charge in [-0.2, -0.15) is 0 Å². The molecule has 0 bridgehead atoms. The first-order chi connectivity index (χ1) is 18.5. The Balaban J connectivity index is 1.33. The quantitative estimate of drug-likeness (QED) is 0.306. The van der Waals surface area contributed by atoms with Gasteiger partial charge in [-0.25, -0.2) is 14.4 Å². The van der Waals surface area contributed by atoms with E-state index in [1.54, 1.807) is 24.7 Å². The summed E-state index contributed by atoms with van der Waals surface area (Å²) in [6, 6.07) is 15.6. The lowest BCUT2D eigenvalue weighted by Gasteiger charge is -2.38. The van der Waals surface area contributed by atoms with E-state index in [4.69, 9.17) is 27.1 Å². The van der Waals surface area contributed by atoms with Crippen LogP contribution in [-0.2, 0) is 11.3 Å². The van der Waals surface area contributed by atoms with Gasteiger partial charge in [0.25, 0.3) is 0 Å². The number of rotatable bonds is 7. The van der Waals surface area contributed by atoms with E-state index in [0.717, 1.165) is 85.2 Å². The first-order valence-corrected chi connectivity index (χ1v) is 13.9. The van der Waals surface area contributed by atoms with Gasteiger partial charge in [-0.3, -0.25) is 0 Å². The standard InChI is InChI=1S/C30H33ClFN5O/c31-27-16-34-30(37(18-25-5-2-12-38-25)24-9-7-23(33)8-10-24)15-26(27)21-6-11-28-29(14-21)36(19-35-28)17-20-3-1-4-22(32)13-20/h1,3-4,6,11,13-16,19,23-25H,2,5,7-10,12,17-18,33H2. The summed E-state index contributed by atoms with van der Waals surface area (Å²) >= 11 is 6.74. The molecule has 1 unspecified atom stereocenters. The monoisotopic (exact) mass is 533 g/mol. The van der Waals surface area contributed by atoms with Gasteiger partial charge in [0.1, 0.15) is 11.6 Å². The van der Waals surface area contributed by atoms with Crippen molar-refractivity contribution in [2.24, 2.45) is 5.73 Å². The molecule has 1 saturated carbocycles. The summed E-state index contributed by atoms with van der Waals surface area (Å²) in [5.74, 6) is 0.685. The Labute approximate surface area is 227 Å². The fraction of sp³-hybridized carbons (Fsp3) is 0.400. The Morgan fingerprint density at radius 1 is 1.05 bits per heavy atom. The van der Waals surface area contributed by atoms with E-state index in [1.807, 2.05) is 16.7 Å². The lowest BCUT2D eigenvalue weighted by Crippen LogP contribution is -2.44. The highest BCUT2D eigenvalue weighted by Crippen LogP contribution is 2.35. The molecule has 0 amide bonds. The maximum Gasteiger partial charge on any atom is 0.129 e. The largest absolute Gasteiger partial charge is 0.376 e. The lowest BCUT2D eigenvalue weighted by atomic mass is 9.90. The first kappa shape index (κ1) is 25.3. The molecular weight excluding hydrogens is 501 g/mol. The number of nitrogens with zero attached hydrogens (tertiary/aromatic N) is 4. The Kier molecular flexibility index (Phi) is 7.32. The van der Waals surface area contributed by atoms with Crippen molar-refractivity contribution in [2.75, 3.05) is 18.1 Å². The number of hydrogen-bond donors (Lipinski definition) is 1. The molecule has 2 aromatic carbocycles.